The molecule has 3 aromatic carbocycles. The number of amides is 1. The van der Waals surface area contributed by atoms with Crippen molar-refractivity contribution in [2.45, 2.75) is 19.4 Å². The van der Waals surface area contributed by atoms with E-state index >= 15 is 0 Å². The first kappa shape index (κ1) is 19.4. The highest BCUT2D eigenvalue weighted by molar-refractivity contribution is 5.95. The fraction of sp³-hybridized carbons (Fsp3) is 0.192. The summed E-state index contributed by atoms with van der Waals surface area (Å²) in [7, 11) is 0. The van der Waals surface area contributed by atoms with E-state index in [2.05, 4.69) is 17.1 Å². The molecule has 2 heterocycles. The van der Waals surface area contributed by atoms with E-state index in [0.717, 1.165) is 28.9 Å². The van der Waals surface area contributed by atoms with Crippen molar-refractivity contribution in [2.75, 3.05) is 13.2 Å². The molecule has 1 N–H and O–H groups in total. The Balaban J connectivity index is 1.64. The Labute approximate surface area is 180 Å². The Morgan fingerprint density at radius 2 is 1.90 bits per heavy atom. The number of nitrogens with zero attached hydrogens (tertiary/aromatic N) is 1. The quantitative estimate of drug-likeness (QED) is 0.480. The summed E-state index contributed by atoms with van der Waals surface area (Å²) in [6.07, 6.45) is 0.758. The predicted molar refractivity (Wildman–Crippen MR) is 119 cm³/mol. The molecule has 0 unspecified atom stereocenters. The largest absolute Gasteiger partial charge is 0.494 e. The molecule has 0 saturated carbocycles. The molecular weight excluding hydrogens is 391 g/mol. The fourth-order valence-corrected chi connectivity index (χ4v) is 4.51. The highest BCUT2D eigenvalue weighted by Crippen LogP contribution is 2.39. The van der Waals surface area contributed by atoms with E-state index in [0.29, 0.717) is 18.7 Å². The molecule has 5 heteroatoms. The number of para-hydroxylation sites is 1. The number of benzene rings is 3. The second-order valence-corrected chi connectivity index (χ2v) is 7.73. The molecule has 0 bridgehead atoms. The lowest BCUT2D eigenvalue weighted by molar-refractivity contribution is 0.0691. The lowest BCUT2D eigenvalue weighted by Crippen LogP contribution is -2.40. The van der Waals surface area contributed by atoms with Gasteiger partial charge in [-0.15, -0.1) is 0 Å². The van der Waals surface area contributed by atoms with Crippen LogP contribution in [0.15, 0.2) is 72.8 Å². The number of aromatic nitrogens is 1. The van der Waals surface area contributed by atoms with E-state index in [1.165, 1.54) is 23.1 Å². The van der Waals surface area contributed by atoms with Gasteiger partial charge in [-0.1, -0.05) is 30.3 Å². The zero-order valence-corrected chi connectivity index (χ0v) is 17.3. The summed E-state index contributed by atoms with van der Waals surface area (Å²) in [5, 5.41) is 1.19. The number of carbonyl (C=O) groups excluding carboxylic acids is 1. The maximum atomic E-state index is 13.5. The summed E-state index contributed by atoms with van der Waals surface area (Å²) in [6, 6.07) is 21.6. The number of hydrogen-bond donors (Lipinski definition) is 1. The van der Waals surface area contributed by atoms with E-state index in [1.54, 1.807) is 12.1 Å². The predicted octanol–water partition coefficient (Wildman–Crippen LogP) is 5.49. The number of fused-ring (bicyclic) bond motifs is 3. The van der Waals surface area contributed by atoms with Crippen molar-refractivity contribution < 1.29 is 13.9 Å². The second kappa shape index (κ2) is 7.91. The van der Waals surface area contributed by atoms with Crippen LogP contribution in [0, 0.1) is 5.82 Å². The van der Waals surface area contributed by atoms with E-state index in [4.69, 9.17) is 4.74 Å². The topological polar surface area (TPSA) is 45.3 Å². The minimum absolute atomic E-state index is 0.115. The van der Waals surface area contributed by atoms with E-state index in [1.807, 2.05) is 48.2 Å². The third kappa shape index (κ3) is 3.46. The number of ether oxygens (including phenoxy) is 1. The standard InChI is InChI=1S/C26H23FN2O2/c1-2-31-20-7-5-6-18(16-20)25-24-22(21-8-3-4-9-23(21)28-24)14-15-29(25)26(30)17-10-12-19(27)13-11-17/h3-13,16,25,28H,2,14-15H2,1H3/t25-/m1/s1. The smallest absolute Gasteiger partial charge is 0.254 e. The number of rotatable bonds is 4. The third-order valence-electron chi connectivity index (χ3n) is 5.87. The van der Waals surface area contributed by atoms with Gasteiger partial charge in [0.25, 0.3) is 5.91 Å². The SMILES string of the molecule is CCOc1cccc([C@@H]2c3[nH]c4ccccc4c3CCN2C(=O)c2ccc(F)cc2)c1. The Morgan fingerprint density at radius 3 is 2.71 bits per heavy atom. The van der Waals surface area contributed by atoms with E-state index in [9.17, 15) is 9.18 Å². The van der Waals surface area contributed by atoms with Crippen molar-refractivity contribution in [1.82, 2.24) is 9.88 Å². The first-order valence-electron chi connectivity index (χ1n) is 10.5. The highest BCUT2D eigenvalue weighted by Gasteiger charge is 2.35. The highest BCUT2D eigenvalue weighted by atomic mass is 19.1. The van der Waals surface area contributed by atoms with Crippen molar-refractivity contribution in [1.29, 1.82) is 0 Å². The minimum atomic E-state index is -0.353. The molecule has 4 nitrogen and oxygen atoms in total. The van der Waals surface area contributed by atoms with Gasteiger partial charge >= 0.3 is 0 Å². The van der Waals surface area contributed by atoms with Gasteiger partial charge in [-0.25, -0.2) is 4.39 Å². The molecule has 0 saturated heterocycles. The molecule has 1 amide bonds. The maximum Gasteiger partial charge on any atom is 0.254 e. The van der Waals surface area contributed by atoms with Gasteiger partial charge in [-0.05, 0) is 66.9 Å². The number of hydrogen-bond acceptors (Lipinski definition) is 2. The molecule has 156 valence electrons. The van der Waals surface area contributed by atoms with Crippen LogP contribution in [0.4, 0.5) is 4.39 Å². The zero-order chi connectivity index (χ0) is 21.4. The Morgan fingerprint density at radius 1 is 1.10 bits per heavy atom. The van der Waals surface area contributed by atoms with Crippen molar-refractivity contribution in [2.24, 2.45) is 0 Å². The summed E-state index contributed by atoms with van der Waals surface area (Å²) < 4.78 is 19.1. The average Bonchev–Trinajstić information content (AvgIpc) is 3.17. The van der Waals surface area contributed by atoms with Gasteiger partial charge < -0.3 is 14.6 Å². The lowest BCUT2D eigenvalue weighted by Gasteiger charge is -2.36. The molecular formula is C26H23FN2O2. The van der Waals surface area contributed by atoms with Gasteiger partial charge in [0, 0.05) is 28.7 Å². The number of H-pyrrole nitrogens is 1. The first-order valence-corrected chi connectivity index (χ1v) is 10.5. The average molecular weight is 414 g/mol. The molecule has 0 spiro atoms. The van der Waals surface area contributed by atoms with Gasteiger partial charge in [0.1, 0.15) is 11.6 Å². The normalized spacial score (nSPS) is 15.7. The summed E-state index contributed by atoms with van der Waals surface area (Å²) >= 11 is 0. The zero-order valence-electron chi connectivity index (χ0n) is 17.3. The third-order valence-corrected chi connectivity index (χ3v) is 5.87. The van der Waals surface area contributed by atoms with Gasteiger partial charge in [0.15, 0.2) is 0 Å². The van der Waals surface area contributed by atoms with Crippen molar-refractivity contribution >= 4 is 16.8 Å². The molecule has 0 fully saturated rings. The van der Waals surface area contributed by atoms with E-state index < -0.39 is 0 Å². The van der Waals surface area contributed by atoms with Crippen LogP contribution in [-0.4, -0.2) is 28.9 Å². The van der Waals surface area contributed by atoms with Crippen molar-refractivity contribution in [3.8, 4) is 5.75 Å². The number of halogens is 1. The van der Waals surface area contributed by atoms with Gasteiger partial charge in [-0.2, -0.15) is 0 Å². The Kier molecular flexibility index (Phi) is 4.94. The van der Waals surface area contributed by atoms with Crippen LogP contribution in [0.3, 0.4) is 0 Å². The van der Waals surface area contributed by atoms with Gasteiger partial charge in [-0.3, -0.25) is 4.79 Å². The molecule has 31 heavy (non-hydrogen) atoms. The van der Waals surface area contributed by atoms with Crippen LogP contribution in [0.1, 0.15) is 40.1 Å². The Hall–Kier alpha value is -3.60. The molecule has 0 aliphatic carbocycles. The van der Waals surface area contributed by atoms with Gasteiger partial charge in [0.2, 0.25) is 0 Å². The van der Waals surface area contributed by atoms with Crippen molar-refractivity contribution in [3.05, 3.63) is 101 Å². The van der Waals surface area contributed by atoms with Crippen LogP contribution < -0.4 is 4.74 Å². The van der Waals surface area contributed by atoms with Crippen LogP contribution in [0.25, 0.3) is 10.9 Å². The second-order valence-electron chi connectivity index (χ2n) is 7.73. The van der Waals surface area contributed by atoms with E-state index in [-0.39, 0.29) is 17.8 Å². The summed E-state index contributed by atoms with van der Waals surface area (Å²) in [6.45, 7) is 3.10. The summed E-state index contributed by atoms with van der Waals surface area (Å²) in [4.78, 5) is 18.9. The monoisotopic (exact) mass is 414 g/mol. The van der Waals surface area contributed by atoms with Crippen LogP contribution in [0.2, 0.25) is 0 Å². The summed E-state index contributed by atoms with van der Waals surface area (Å²) in [5.74, 6) is 0.308. The molecule has 1 aliphatic rings. The van der Waals surface area contributed by atoms with Crippen molar-refractivity contribution in [3.63, 3.8) is 0 Å². The van der Waals surface area contributed by atoms with Crippen LogP contribution in [-0.2, 0) is 6.42 Å². The summed E-state index contributed by atoms with van der Waals surface area (Å²) in [5.41, 5.74) is 4.79. The molecule has 5 rings (SSSR count). The fourth-order valence-electron chi connectivity index (χ4n) is 4.51. The minimum Gasteiger partial charge on any atom is -0.494 e. The number of nitrogens with one attached hydrogen (secondary N) is 1. The van der Waals surface area contributed by atoms with Crippen LogP contribution in [0.5, 0.6) is 5.75 Å². The number of aromatic amines is 1. The maximum absolute atomic E-state index is 13.5. The molecule has 1 atom stereocenters. The molecule has 4 aromatic rings. The lowest BCUT2D eigenvalue weighted by atomic mass is 9.91. The number of carbonyl (C=O) groups is 1. The molecule has 1 aromatic heterocycles. The molecule has 0 radical (unpaired) electrons. The molecule has 1 aliphatic heterocycles. The van der Waals surface area contributed by atoms with Crippen LogP contribution >= 0.6 is 0 Å². The van der Waals surface area contributed by atoms with Gasteiger partial charge in [0.05, 0.1) is 12.6 Å². The first-order chi connectivity index (χ1) is 15.2. The Bertz CT molecular complexity index is 1250.